The van der Waals surface area contributed by atoms with Gasteiger partial charge < -0.3 is 20.1 Å². The number of carboxylic acid groups (broad SMARTS) is 1. The maximum atomic E-state index is 13.0. The number of rotatable bonds is 8. The molecule has 2 aliphatic heterocycles. The molecule has 2 aromatic heterocycles. The molecule has 4 heterocycles. The molecule has 0 aromatic carbocycles. The topological polar surface area (TPSA) is 140 Å². The van der Waals surface area contributed by atoms with Crippen LogP contribution in [0.3, 0.4) is 0 Å². The van der Waals surface area contributed by atoms with Gasteiger partial charge in [-0.2, -0.15) is 0 Å². The maximum absolute atomic E-state index is 13.0. The van der Waals surface area contributed by atoms with E-state index in [0.29, 0.717) is 5.16 Å². The Morgan fingerprint density at radius 3 is 2.90 bits per heavy atom. The minimum Gasteiger partial charge on any atom is -0.481 e. The monoisotopic (exact) mass is 484 g/mol. The van der Waals surface area contributed by atoms with Crippen molar-refractivity contribution in [1.82, 2.24) is 30.4 Å². The first-order chi connectivity index (χ1) is 14.8. The summed E-state index contributed by atoms with van der Waals surface area (Å²) < 4.78 is 6.95. The average Bonchev–Trinajstić information content (AvgIpc) is 3.41. The van der Waals surface area contributed by atoms with Crippen LogP contribution in [0.2, 0.25) is 0 Å². The molecule has 0 aliphatic carbocycles. The Hall–Kier alpha value is -2.16. The number of nitrogens with one attached hydrogen (secondary N) is 1. The molecule has 2 saturated heterocycles. The number of carboxylic acids is 1. The fraction of sp³-hybridized carbons (Fsp3) is 0.529. The zero-order valence-electron chi connectivity index (χ0n) is 16.7. The van der Waals surface area contributed by atoms with Gasteiger partial charge in [-0.25, -0.2) is 4.68 Å². The molecule has 11 nitrogen and oxygen atoms in total. The molecule has 2 amide bonds. The number of tetrazole rings is 1. The molecular formula is C17H20N6O5S3. The molecule has 2 N–H and O–H groups in total. The normalized spacial score (nSPS) is 27.5. The van der Waals surface area contributed by atoms with Gasteiger partial charge in [0, 0.05) is 37.1 Å². The van der Waals surface area contributed by atoms with E-state index >= 15 is 0 Å². The second-order valence-corrected chi connectivity index (χ2v) is 10.3. The number of thioether (sulfide) groups is 2. The number of carbonyl (C=O) groups is 3. The molecule has 0 saturated carbocycles. The van der Waals surface area contributed by atoms with Crippen LogP contribution in [0.1, 0.15) is 4.88 Å². The molecule has 2 unspecified atom stereocenters. The van der Waals surface area contributed by atoms with E-state index in [0.717, 1.165) is 4.88 Å². The standard InChI is InChI=1S/C17H20N6O5S3/c1-22-15(19-20-21-22)31-9-16(14(26)27)7-23-12(25)17(28-2,13(23)30-8-16)18-11(24)6-10-4-3-5-29-10/h3-5,13H,6-9H2,1-2H3,(H,18,24)(H,26,27)/t13-,16?,17?/m1/s1. The van der Waals surface area contributed by atoms with Crippen LogP contribution >= 0.6 is 34.9 Å². The third-order valence-corrected chi connectivity index (χ3v) is 9.07. The number of aryl methyl sites for hydroxylation is 1. The number of β-lactam (4-membered cyclic amide) rings is 1. The summed E-state index contributed by atoms with van der Waals surface area (Å²) in [6.07, 6.45) is 0.148. The summed E-state index contributed by atoms with van der Waals surface area (Å²) in [5.74, 6) is -1.31. The van der Waals surface area contributed by atoms with E-state index in [1.807, 2.05) is 17.5 Å². The van der Waals surface area contributed by atoms with Gasteiger partial charge in [0.2, 0.25) is 11.1 Å². The summed E-state index contributed by atoms with van der Waals surface area (Å²) in [7, 11) is 3.05. The van der Waals surface area contributed by atoms with Gasteiger partial charge in [0.1, 0.15) is 10.8 Å². The third kappa shape index (κ3) is 3.81. The van der Waals surface area contributed by atoms with Crippen LogP contribution in [0.5, 0.6) is 0 Å². The Balaban J connectivity index is 1.46. The van der Waals surface area contributed by atoms with Gasteiger partial charge in [-0.1, -0.05) is 17.8 Å². The summed E-state index contributed by atoms with van der Waals surface area (Å²) in [6, 6.07) is 3.70. The Labute approximate surface area is 189 Å². The number of ether oxygens (including phenoxy) is 1. The SMILES string of the molecule is COC1(NC(=O)Cc2cccs2)C(=O)N2CC(CSc3nnnn3C)(C(=O)O)CS[C@@H]21. The van der Waals surface area contributed by atoms with Crippen molar-refractivity contribution in [2.45, 2.75) is 22.7 Å². The van der Waals surface area contributed by atoms with E-state index in [1.54, 1.807) is 7.05 Å². The number of fused-ring (bicyclic) bond motifs is 1. The van der Waals surface area contributed by atoms with Gasteiger partial charge in [-0.15, -0.1) is 28.2 Å². The van der Waals surface area contributed by atoms with Crippen LogP contribution in [0, 0.1) is 5.41 Å². The summed E-state index contributed by atoms with van der Waals surface area (Å²) in [6.45, 7) is 0.0169. The van der Waals surface area contributed by atoms with Crippen LogP contribution in [0.15, 0.2) is 22.7 Å². The summed E-state index contributed by atoms with van der Waals surface area (Å²) in [4.78, 5) is 40.1. The molecule has 166 valence electrons. The van der Waals surface area contributed by atoms with Crippen molar-refractivity contribution >= 4 is 52.6 Å². The molecule has 2 aliphatic rings. The second-order valence-electron chi connectivity index (χ2n) is 7.30. The molecule has 4 rings (SSSR count). The molecule has 31 heavy (non-hydrogen) atoms. The number of methoxy groups -OCH3 is 1. The highest BCUT2D eigenvalue weighted by molar-refractivity contribution is 8.00. The number of aromatic nitrogens is 4. The summed E-state index contributed by atoms with van der Waals surface area (Å²) >= 11 is 3.98. The molecule has 0 radical (unpaired) electrons. The lowest BCUT2D eigenvalue weighted by Crippen LogP contribution is -2.82. The lowest BCUT2D eigenvalue weighted by molar-refractivity contribution is -0.200. The molecular weight excluding hydrogens is 464 g/mol. The summed E-state index contributed by atoms with van der Waals surface area (Å²) in [5.41, 5.74) is -2.65. The Kier molecular flexibility index (Phi) is 5.98. The van der Waals surface area contributed by atoms with Crippen molar-refractivity contribution in [2.75, 3.05) is 25.2 Å². The Morgan fingerprint density at radius 1 is 1.48 bits per heavy atom. The molecule has 3 atom stereocenters. The van der Waals surface area contributed by atoms with Crippen LogP contribution in [-0.4, -0.2) is 84.3 Å². The maximum Gasteiger partial charge on any atom is 0.313 e. The van der Waals surface area contributed by atoms with E-state index < -0.39 is 28.4 Å². The number of hydrogen-bond acceptors (Lipinski definition) is 10. The molecule has 0 spiro atoms. The number of thiophene rings is 1. The third-order valence-electron chi connectivity index (χ3n) is 5.27. The zero-order valence-corrected chi connectivity index (χ0v) is 19.1. The number of nitrogens with zero attached hydrogens (tertiary/aromatic N) is 5. The first-order valence-corrected chi connectivity index (χ1v) is 12.1. The lowest BCUT2D eigenvalue weighted by Gasteiger charge is -2.58. The fourth-order valence-corrected chi connectivity index (χ4v) is 7.06. The van der Waals surface area contributed by atoms with Gasteiger partial charge in [0.15, 0.2) is 0 Å². The molecule has 2 fully saturated rings. The number of carbonyl (C=O) groups excluding carboxylic acids is 2. The average molecular weight is 485 g/mol. The fourth-order valence-electron chi connectivity index (χ4n) is 3.55. The predicted molar refractivity (Wildman–Crippen MR) is 113 cm³/mol. The van der Waals surface area contributed by atoms with Crippen molar-refractivity contribution in [3.8, 4) is 0 Å². The van der Waals surface area contributed by atoms with E-state index in [4.69, 9.17) is 4.74 Å². The Bertz CT molecular complexity index is 1000. The van der Waals surface area contributed by atoms with Gasteiger partial charge in [0.25, 0.3) is 11.6 Å². The Morgan fingerprint density at radius 2 is 2.29 bits per heavy atom. The second kappa shape index (κ2) is 8.41. The minimum atomic E-state index is -1.48. The minimum absolute atomic E-state index is 0.0169. The molecule has 0 bridgehead atoms. The molecule has 2 aromatic rings. The van der Waals surface area contributed by atoms with Crippen molar-refractivity contribution in [1.29, 1.82) is 0 Å². The van der Waals surface area contributed by atoms with E-state index in [1.165, 1.54) is 51.6 Å². The lowest BCUT2D eigenvalue weighted by atomic mass is 9.88. The van der Waals surface area contributed by atoms with Crippen molar-refractivity contribution in [2.24, 2.45) is 12.5 Å². The highest BCUT2D eigenvalue weighted by Gasteiger charge is 2.67. The first-order valence-electron chi connectivity index (χ1n) is 9.21. The summed E-state index contributed by atoms with van der Waals surface area (Å²) in [5, 5.41) is 25.7. The van der Waals surface area contributed by atoms with E-state index in [2.05, 4.69) is 20.8 Å². The predicted octanol–water partition coefficient (Wildman–Crippen LogP) is 0.0514. The van der Waals surface area contributed by atoms with Crippen LogP contribution in [-0.2, 0) is 32.6 Å². The van der Waals surface area contributed by atoms with Crippen molar-refractivity contribution in [3.05, 3.63) is 22.4 Å². The molecule has 14 heteroatoms. The van der Waals surface area contributed by atoms with Gasteiger partial charge in [-0.3, -0.25) is 14.4 Å². The smallest absolute Gasteiger partial charge is 0.313 e. The first kappa shape index (κ1) is 22.0. The van der Waals surface area contributed by atoms with E-state index in [-0.39, 0.29) is 30.4 Å². The van der Waals surface area contributed by atoms with Gasteiger partial charge in [0.05, 0.1) is 6.42 Å². The zero-order chi connectivity index (χ0) is 22.2. The van der Waals surface area contributed by atoms with Crippen LogP contribution in [0.4, 0.5) is 0 Å². The number of hydrogen-bond donors (Lipinski definition) is 2. The van der Waals surface area contributed by atoms with Crippen LogP contribution in [0.25, 0.3) is 0 Å². The van der Waals surface area contributed by atoms with Crippen molar-refractivity contribution < 1.29 is 24.2 Å². The highest BCUT2D eigenvalue weighted by atomic mass is 32.2. The van der Waals surface area contributed by atoms with Crippen LogP contribution < -0.4 is 5.32 Å². The quantitative estimate of drug-likeness (QED) is 0.300. The van der Waals surface area contributed by atoms with Gasteiger partial charge >= 0.3 is 5.97 Å². The number of amides is 2. The van der Waals surface area contributed by atoms with E-state index in [9.17, 15) is 19.5 Å². The number of aliphatic carboxylic acids is 1. The van der Waals surface area contributed by atoms with Gasteiger partial charge in [-0.05, 0) is 21.9 Å². The highest BCUT2D eigenvalue weighted by Crippen LogP contribution is 2.48. The largest absolute Gasteiger partial charge is 0.481 e. The van der Waals surface area contributed by atoms with Crippen molar-refractivity contribution in [3.63, 3.8) is 0 Å².